The summed E-state index contributed by atoms with van der Waals surface area (Å²) in [6.45, 7) is 4.64. The van der Waals surface area contributed by atoms with Gasteiger partial charge >= 0.3 is 10.0 Å². The first-order valence-corrected chi connectivity index (χ1v) is 14.0. The second kappa shape index (κ2) is 9.70. The molecule has 2 fully saturated rings. The summed E-state index contributed by atoms with van der Waals surface area (Å²) in [4.78, 5) is 2.20. The number of piperidine rings is 1. The van der Waals surface area contributed by atoms with Gasteiger partial charge in [-0.05, 0) is 56.4 Å². The summed E-state index contributed by atoms with van der Waals surface area (Å²) in [5.74, 6) is -0.327. The fourth-order valence-corrected chi connectivity index (χ4v) is 8.30. The molecule has 7 nitrogen and oxygen atoms in total. The van der Waals surface area contributed by atoms with E-state index in [2.05, 4.69) is 15.1 Å². The van der Waals surface area contributed by atoms with Crippen molar-refractivity contribution in [1.82, 2.24) is 14.8 Å². The third kappa shape index (κ3) is 4.47. The number of anilines is 1. The van der Waals surface area contributed by atoms with Crippen molar-refractivity contribution in [3.05, 3.63) is 78.1 Å². The Morgan fingerprint density at radius 3 is 2.40 bits per heavy atom. The van der Waals surface area contributed by atoms with E-state index in [0.717, 1.165) is 43.6 Å². The van der Waals surface area contributed by atoms with E-state index in [1.807, 2.05) is 47.9 Å². The first kappa shape index (κ1) is 23.9. The van der Waals surface area contributed by atoms with E-state index >= 15 is 4.39 Å². The Balaban J connectivity index is 1.34. The van der Waals surface area contributed by atoms with Gasteiger partial charge in [-0.1, -0.05) is 30.3 Å². The van der Waals surface area contributed by atoms with Gasteiger partial charge in [0.05, 0.1) is 13.1 Å². The Kier molecular flexibility index (Phi) is 6.63. The van der Waals surface area contributed by atoms with Gasteiger partial charge in [0, 0.05) is 30.4 Å². The summed E-state index contributed by atoms with van der Waals surface area (Å²) in [7, 11) is -3.55. The Labute approximate surface area is 206 Å². The van der Waals surface area contributed by atoms with Crippen LogP contribution in [0.15, 0.2) is 61.2 Å². The zero-order valence-corrected chi connectivity index (χ0v) is 20.9. The topological polar surface area (TPSA) is 68.1 Å². The van der Waals surface area contributed by atoms with E-state index in [1.165, 1.54) is 0 Å². The molecule has 0 radical (unpaired) electrons. The van der Waals surface area contributed by atoms with Crippen LogP contribution in [0.3, 0.4) is 0 Å². The molecular formula is C26H33FN5O2S+. The van der Waals surface area contributed by atoms with Crippen LogP contribution < -0.4 is 4.90 Å². The number of rotatable bonds is 6. The molecule has 0 N–H and O–H groups in total. The molecule has 2 atom stereocenters. The Morgan fingerprint density at radius 1 is 1.03 bits per heavy atom. The fourth-order valence-electron chi connectivity index (χ4n) is 5.73. The maximum atomic E-state index is 15.4. The van der Waals surface area contributed by atoms with Crippen LogP contribution in [0.5, 0.6) is 0 Å². The van der Waals surface area contributed by atoms with Crippen molar-refractivity contribution in [2.75, 3.05) is 31.1 Å². The maximum absolute atomic E-state index is 15.4. The standard InChI is InChI=1S/C26H33FN5O2S/c1-2-32(16-6-9-26(35(32,33)34)21-7-4-3-5-8-21)18-22-10-11-24(17-25(22)27)30-14-12-23(13-15-30)31-19-28-29-20-31/h3-5,7-8,10-11,17,19-20,23,26H,2,6,9,12-16,18H2,1H3/q+1. The molecule has 5 rings (SSSR count). The summed E-state index contributed by atoms with van der Waals surface area (Å²) in [6.07, 6.45) is 6.79. The van der Waals surface area contributed by atoms with Crippen LogP contribution in [0.1, 0.15) is 55.0 Å². The molecule has 2 aromatic carbocycles. The number of sulfonamides is 1. The first-order valence-electron chi connectivity index (χ1n) is 12.5. The molecule has 0 saturated carbocycles. The van der Waals surface area contributed by atoms with Gasteiger partial charge in [0.15, 0.2) is 0 Å². The van der Waals surface area contributed by atoms with Gasteiger partial charge in [-0.3, -0.25) is 0 Å². The molecule has 2 aliphatic rings. The lowest BCUT2D eigenvalue weighted by Gasteiger charge is -2.42. The average Bonchev–Trinajstić information content (AvgIpc) is 3.42. The Bertz CT molecular complexity index is 1240. The normalized spacial score (nSPS) is 25.0. The fraction of sp³-hybridized carbons (Fsp3) is 0.462. The highest BCUT2D eigenvalue weighted by atomic mass is 32.2. The first-order chi connectivity index (χ1) is 16.9. The molecule has 186 valence electrons. The summed E-state index contributed by atoms with van der Waals surface area (Å²) < 4.78 is 45.0. The molecule has 0 bridgehead atoms. The lowest BCUT2D eigenvalue weighted by Crippen LogP contribution is -2.56. The van der Waals surface area contributed by atoms with Gasteiger partial charge in [0.25, 0.3) is 0 Å². The molecule has 2 saturated heterocycles. The van der Waals surface area contributed by atoms with Crippen LogP contribution in [0.25, 0.3) is 0 Å². The highest BCUT2D eigenvalue weighted by Crippen LogP contribution is 2.41. The number of nitrogens with zero attached hydrogens (tertiary/aromatic N) is 5. The van der Waals surface area contributed by atoms with Crippen LogP contribution >= 0.6 is 0 Å². The Hall–Kier alpha value is -2.78. The summed E-state index contributed by atoms with van der Waals surface area (Å²) in [6, 6.07) is 15.1. The molecule has 0 aliphatic carbocycles. The molecular weight excluding hydrogens is 465 g/mol. The van der Waals surface area contributed by atoms with Gasteiger partial charge in [-0.2, -0.15) is 8.42 Å². The summed E-state index contributed by atoms with van der Waals surface area (Å²) >= 11 is 0. The zero-order valence-electron chi connectivity index (χ0n) is 20.1. The second-order valence-electron chi connectivity index (χ2n) is 9.72. The minimum absolute atomic E-state index is 0.104. The molecule has 35 heavy (non-hydrogen) atoms. The van der Waals surface area contributed by atoms with Crippen LogP contribution in [0, 0.1) is 5.82 Å². The molecule has 2 aliphatic heterocycles. The van der Waals surface area contributed by atoms with E-state index in [-0.39, 0.29) is 16.3 Å². The van der Waals surface area contributed by atoms with Crippen molar-refractivity contribution >= 4 is 15.7 Å². The zero-order chi connectivity index (χ0) is 24.5. The number of halogens is 1. The number of aromatic nitrogens is 3. The molecule has 9 heteroatoms. The van der Waals surface area contributed by atoms with E-state index in [9.17, 15) is 8.42 Å². The minimum atomic E-state index is -3.55. The van der Waals surface area contributed by atoms with Crippen LogP contribution in [0.4, 0.5) is 10.1 Å². The average molecular weight is 499 g/mol. The van der Waals surface area contributed by atoms with Crippen LogP contribution in [0.2, 0.25) is 0 Å². The largest absolute Gasteiger partial charge is 0.371 e. The van der Waals surface area contributed by atoms with Crippen LogP contribution in [-0.4, -0.2) is 53.2 Å². The van der Waals surface area contributed by atoms with Gasteiger partial charge in [-0.25, -0.2) is 8.28 Å². The number of hydrogen-bond donors (Lipinski definition) is 0. The number of quaternary nitrogens is 1. The van der Waals surface area contributed by atoms with Crippen molar-refractivity contribution in [3.63, 3.8) is 0 Å². The van der Waals surface area contributed by atoms with E-state index in [0.29, 0.717) is 31.1 Å². The predicted octanol–water partition coefficient (Wildman–Crippen LogP) is 4.46. The second-order valence-corrected chi connectivity index (χ2v) is 12.1. The lowest BCUT2D eigenvalue weighted by atomic mass is 10.0. The summed E-state index contributed by atoms with van der Waals surface area (Å²) in [5.41, 5.74) is 2.14. The smallest absolute Gasteiger partial charge is 0.304 e. The molecule has 1 aromatic heterocycles. The van der Waals surface area contributed by atoms with Crippen molar-refractivity contribution in [2.24, 2.45) is 0 Å². The third-order valence-electron chi connectivity index (χ3n) is 7.86. The van der Waals surface area contributed by atoms with Gasteiger partial charge < -0.3 is 9.47 Å². The van der Waals surface area contributed by atoms with Gasteiger partial charge in [0.1, 0.15) is 30.3 Å². The quantitative estimate of drug-likeness (QED) is 0.470. The number of hydrogen-bond acceptors (Lipinski definition) is 5. The SMILES string of the molecule is CC[N+]1(Cc2ccc(N3CCC(n4cnnc4)CC3)cc2F)CCCC(c2ccccc2)S1(=O)=O. The predicted molar refractivity (Wildman–Crippen MR) is 134 cm³/mol. The number of benzene rings is 2. The van der Waals surface area contributed by atoms with Crippen molar-refractivity contribution in [1.29, 1.82) is 0 Å². The van der Waals surface area contributed by atoms with E-state index in [4.69, 9.17) is 0 Å². The van der Waals surface area contributed by atoms with Gasteiger partial charge in [0.2, 0.25) is 0 Å². The maximum Gasteiger partial charge on any atom is 0.304 e. The van der Waals surface area contributed by atoms with Crippen molar-refractivity contribution in [2.45, 2.75) is 50.4 Å². The highest BCUT2D eigenvalue weighted by Gasteiger charge is 2.49. The summed E-state index contributed by atoms with van der Waals surface area (Å²) in [5, 5.41) is 7.24. The monoisotopic (exact) mass is 498 g/mol. The molecule has 0 amide bonds. The molecule has 0 spiro atoms. The van der Waals surface area contributed by atoms with Crippen molar-refractivity contribution in [3.8, 4) is 0 Å². The molecule has 2 unspecified atom stereocenters. The highest BCUT2D eigenvalue weighted by molar-refractivity contribution is 7.86. The lowest BCUT2D eigenvalue weighted by molar-refractivity contribution is -0.821. The van der Waals surface area contributed by atoms with Crippen LogP contribution in [-0.2, 0) is 16.6 Å². The van der Waals surface area contributed by atoms with Gasteiger partial charge in [-0.15, -0.1) is 10.2 Å². The third-order valence-corrected chi connectivity index (χ3v) is 10.7. The molecule has 3 heterocycles. The van der Waals surface area contributed by atoms with E-state index in [1.54, 1.807) is 24.8 Å². The Morgan fingerprint density at radius 2 is 1.74 bits per heavy atom. The molecule has 3 aromatic rings. The van der Waals surface area contributed by atoms with E-state index < -0.39 is 15.3 Å². The minimum Gasteiger partial charge on any atom is -0.371 e. The van der Waals surface area contributed by atoms with Crippen molar-refractivity contribution < 1.29 is 16.7 Å².